The van der Waals surface area contributed by atoms with Crippen LogP contribution in [0.4, 0.5) is 0 Å². The van der Waals surface area contributed by atoms with Crippen LogP contribution in [0.5, 0.6) is 0 Å². The molecule has 0 saturated heterocycles. The predicted molar refractivity (Wildman–Crippen MR) is 44.7 cm³/mol. The standard InChI is InChI=1S/C9H11N3/c1-9(2-3-9)7-12-6-8(4-10)5-11/h6,12H,2-3,7H2,1H3. The molecule has 0 spiro atoms. The lowest BCUT2D eigenvalue weighted by Gasteiger charge is -2.06. The molecule has 1 aliphatic rings. The molecule has 0 unspecified atom stereocenters. The number of nitriles is 2. The van der Waals surface area contributed by atoms with Crippen molar-refractivity contribution in [1.29, 1.82) is 10.5 Å². The van der Waals surface area contributed by atoms with Crippen LogP contribution >= 0.6 is 0 Å². The Morgan fingerprint density at radius 2 is 2.08 bits per heavy atom. The van der Waals surface area contributed by atoms with E-state index in [1.807, 2.05) is 0 Å². The van der Waals surface area contributed by atoms with Crippen LogP contribution in [0.25, 0.3) is 0 Å². The smallest absolute Gasteiger partial charge is 0.145 e. The third-order valence-corrected chi connectivity index (χ3v) is 2.12. The summed E-state index contributed by atoms with van der Waals surface area (Å²) in [5, 5.41) is 19.8. The molecule has 12 heavy (non-hydrogen) atoms. The Labute approximate surface area is 72.3 Å². The van der Waals surface area contributed by atoms with E-state index in [4.69, 9.17) is 10.5 Å². The van der Waals surface area contributed by atoms with Crippen LogP contribution in [0.1, 0.15) is 19.8 Å². The lowest BCUT2D eigenvalue weighted by Crippen LogP contribution is -2.16. The van der Waals surface area contributed by atoms with Crippen molar-refractivity contribution in [1.82, 2.24) is 5.32 Å². The molecule has 62 valence electrons. The number of nitrogens with zero attached hydrogens (tertiary/aromatic N) is 2. The molecule has 1 N–H and O–H groups in total. The average molecular weight is 161 g/mol. The van der Waals surface area contributed by atoms with Gasteiger partial charge in [-0.15, -0.1) is 0 Å². The van der Waals surface area contributed by atoms with Crippen LogP contribution < -0.4 is 5.32 Å². The molecule has 0 atom stereocenters. The van der Waals surface area contributed by atoms with Gasteiger partial charge in [-0.25, -0.2) is 0 Å². The van der Waals surface area contributed by atoms with Gasteiger partial charge in [0.05, 0.1) is 0 Å². The summed E-state index contributed by atoms with van der Waals surface area (Å²) in [6, 6.07) is 3.59. The first kappa shape index (κ1) is 8.62. The Kier molecular flexibility index (Phi) is 2.35. The Balaban J connectivity index is 2.30. The minimum Gasteiger partial charge on any atom is -0.389 e. The molecule has 3 nitrogen and oxygen atoms in total. The zero-order chi connectivity index (χ0) is 9.03. The number of allylic oxidation sites excluding steroid dienone is 1. The maximum atomic E-state index is 8.39. The van der Waals surface area contributed by atoms with E-state index in [-0.39, 0.29) is 5.57 Å². The molecule has 0 bridgehead atoms. The largest absolute Gasteiger partial charge is 0.389 e. The molecule has 0 aromatic heterocycles. The first-order valence-corrected chi connectivity index (χ1v) is 3.94. The number of hydrogen-bond donors (Lipinski definition) is 1. The van der Waals surface area contributed by atoms with Gasteiger partial charge >= 0.3 is 0 Å². The SMILES string of the molecule is CC1(CNC=C(C#N)C#N)CC1. The van der Waals surface area contributed by atoms with E-state index < -0.39 is 0 Å². The van der Waals surface area contributed by atoms with Crippen molar-refractivity contribution in [3.05, 3.63) is 11.8 Å². The first-order chi connectivity index (χ1) is 5.70. The first-order valence-electron chi connectivity index (χ1n) is 3.94. The summed E-state index contributed by atoms with van der Waals surface area (Å²) in [5.74, 6) is 0. The van der Waals surface area contributed by atoms with Gasteiger partial charge in [0.1, 0.15) is 17.7 Å². The van der Waals surface area contributed by atoms with Gasteiger partial charge in [0.25, 0.3) is 0 Å². The van der Waals surface area contributed by atoms with Gasteiger partial charge in [-0.05, 0) is 18.3 Å². The lowest BCUT2D eigenvalue weighted by atomic mass is 10.1. The molecule has 1 aliphatic carbocycles. The summed E-state index contributed by atoms with van der Waals surface area (Å²) in [6.45, 7) is 3.05. The molecule has 0 aromatic carbocycles. The highest BCUT2D eigenvalue weighted by atomic mass is 14.9. The normalized spacial score (nSPS) is 16.9. The fraction of sp³-hybridized carbons (Fsp3) is 0.556. The zero-order valence-electron chi connectivity index (χ0n) is 7.09. The van der Waals surface area contributed by atoms with Gasteiger partial charge in [0, 0.05) is 12.7 Å². The van der Waals surface area contributed by atoms with E-state index in [0.29, 0.717) is 5.41 Å². The van der Waals surface area contributed by atoms with Crippen LogP contribution in [-0.4, -0.2) is 6.54 Å². The third-order valence-electron chi connectivity index (χ3n) is 2.12. The molecule has 1 fully saturated rings. The fourth-order valence-corrected chi connectivity index (χ4v) is 0.879. The predicted octanol–water partition coefficient (Wildman–Crippen LogP) is 1.31. The number of rotatable bonds is 3. The van der Waals surface area contributed by atoms with Gasteiger partial charge in [-0.1, -0.05) is 6.92 Å². The molecule has 1 rings (SSSR count). The van der Waals surface area contributed by atoms with E-state index in [1.54, 1.807) is 12.1 Å². The molecule has 0 amide bonds. The van der Waals surface area contributed by atoms with E-state index >= 15 is 0 Å². The van der Waals surface area contributed by atoms with Gasteiger partial charge in [0.2, 0.25) is 0 Å². The minimum absolute atomic E-state index is 0.138. The molecule has 0 heterocycles. The lowest BCUT2D eigenvalue weighted by molar-refractivity contribution is 0.544. The number of hydrogen-bond acceptors (Lipinski definition) is 3. The van der Waals surface area contributed by atoms with Crippen LogP contribution in [0.2, 0.25) is 0 Å². The molecular formula is C9H11N3. The molecule has 3 heteroatoms. The van der Waals surface area contributed by atoms with E-state index in [9.17, 15) is 0 Å². The van der Waals surface area contributed by atoms with Crippen molar-refractivity contribution in [3.8, 4) is 12.1 Å². The van der Waals surface area contributed by atoms with E-state index in [0.717, 1.165) is 6.54 Å². The van der Waals surface area contributed by atoms with E-state index in [2.05, 4.69) is 12.2 Å². The highest BCUT2D eigenvalue weighted by Gasteiger charge is 2.36. The van der Waals surface area contributed by atoms with Crippen molar-refractivity contribution in [3.63, 3.8) is 0 Å². The maximum absolute atomic E-state index is 8.39. The van der Waals surface area contributed by atoms with E-state index in [1.165, 1.54) is 19.0 Å². The molecule has 1 saturated carbocycles. The summed E-state index contributed by atoms with van der Waals surface area (Å²) in [6.07, 6.45) is 3.97. The second kappa shape index (κ2) is 3.28. The molecule has 0 aliphatic heterocycles. The summed E-state index contributed by atoms with van der Waals surface area (Å²) < 4.78 is 0. The van der Waals surface area contributed by atoms with Crippen molar-refractivity contribution in [2.45, 2.75) is 19.8 Å². The Morgan fingerprint density at radius 3 is 2.50 bits per heavy atom. The van der Waals surface area contributed by atoms with Crippen LogP contribution in [0.3, 0.4) is 0 Å². The summed E-state index contributed by atoms with van der Waals surface area (Å²) >= 11 is 0. The summed E-state index contributed by atoms with van der Waals surface area (Å²) in [5.41, 5.74) is 0.547. The van der Waals surface area contributed by atoms with Crippen molar-refractivity contribution >= 4 is 0 Å². The third kappa shape index (κ3) is 2.29. The second-order valence-corrected chi connectivity index (χ2v) is 3.47. The highest BCUT2D eigenvalue weighted by molar-refractivity contribution is 5.34. The Morgan fingerprint density at radius 1 is 1.50 bits per heavy atom. The fourth-order valence-electron chi connectivity index (χ4n) is 0.879. The highest BCUT2D eigenvalue weighted by Crippen LogP contribution is 2.43. The van der Waals surface area contributed by atoms with Crippen LogP contribution in [-0.2, 0) is 0 Å². The van der Waals surface area contributed by atoms with Crippen LogP contribution in [0.15, 0.2) is 11.8 Å². The Bertz CT molecular complexity index is 257. The van der Waals surface area contributed by atoms with Crippen molar-refractivity contribution in [2.24, 2.45) is 5.41 Å². The monoisotopic (exact) mass is 161 g/mol. The second-order valence-electron chi connectivity index (χ2n) is 3.47. The summed E-state index contributed by atoms with van der Waals surface area (Å²) in [4.78, 5) is 0. The molecule has 0 aromatic rings. The quantitative estimate of drug-likeness (QED) is 0.635. The van der Waals surface area contributed by atoms with Crippen LogP contribution in [0, 0.1) is 28.1 Å². The van der Waals surface area contributed by atoms with Crippen molar-refractivity contribution < 1.29 is 0 Å². The number of nitrogens with one attached hydrogen (secondary N) is 1. The zero-order valence-corrected chi connectivity index (χ0v) is 7.09. The topological polar surface area (TPSA) is 59.6 Å². The molecule has 0 radical (unpaired) electrons. The molecular weight excluding hydrogens is 150 g/mol. The minimum atomic E-state index is 0.138. The summed E-state index contributed by atoms with van der Waals surface area (Å²) in [7, 11) is 0. The van der Waals surface area contributed by atoms with Gasteiger partial charge < -0.3 is 5.32 Å². The van der Waals surface area contributed by atoms with Gasteiger partial charge in [-0.3, -0.25) is 0 Å². The van der Waals surface area contributed by atoms with Gasteiger partial charge in [-0.2, -0.15) is 10.5 Å². The van der Waals surface area contributed by atoms with Gasteiger partial charge in [0.15, 0.2) is 0 Å². The average Bonchev–Trinajstić information content (AvgIpc) is 2.78. The van der Waals surface area contributed by atoms with Crippen molar-refractivity contribution in [2.75, 3.05) is 6.54 Å². The maximum Gasteiger partial charge on any atom is 0.145 e. The Hall–Kier alpha value is -1.48.